The molecule has 1 heterocycles. The SMILES string of the molecule is CN=C(NCCC(=O)Nc1cccc(Cl)c1C)NCc1ccc2c(c1)OCO2. The number of fused-ring (bicyclic) bond motifs is 1. The van der Waals surface area contributed by atoms with Crippen molar-refractivity contribution in [3.63, 3.8) is 0 Å². The predicted octanol–water partition coefficient (Wildman–Crippen LogP) is 3.07. The van der Waals surface area contributed by atoms with E-state index in [-0.39, 0.29) is 12.7 Å². The summed E-state index contributed by atoms with van der Waals surface area (Å²) in [5.41, 5.74) is 2.62. The molecule has 7 nitrogen and oxygen atoms in total. The lowest BCUT2D eigenvalue weighted by molar-refractivity contribution is -0.116. The Morgan fingerprint density at radius 3 is 2.82 bits per heavy atom. The quantitative estimate of drug-likeness (QED) is 0.511. The van der Waals surface area contributed by atoms with E-state index in [0.717, 1.165) is 28.3 Å². The second-order valence-corrected chi connectivity index (χ2v) is 6.66. The molecular formula is C20H23ClN4O3. The highest BCUT2D eigenvalue weighted by atomic mass is 35.5. The summed E-state index contributed by atoms with van der Waals surface area (Å²) in [6.07, 6.45) is 0.302. The van der Waals surface area contributed by atoms with Crippen molar-refractivity contribution in [1.82, 2.24) is 10.6 Å². The Hall–Kier alpha value is -2.93. The van der Waals surface area contributed by atoms with Gasteiger partial charge in [0.1, 0.15) is 0 Å². The van der Waals surface area contributed by atoms with E-state index in [1.54, 1.807) is 13.1 Å². The lowest BCUT2D eigenvalue weighted by Gasteiger charge is -2.13. The Kier molecular flexibility index (Phi) is 6.60. The molecule has 3 rings (SSSR count). The summed E-state index contributed by atoms with van der Waals surface area (Å²) < 4.78 is 10.7. The van der Waals surface area contributed by atoms with Gasteiger partial charge in [0.05, 0.1) is 0 Å². The molecule has 1 aliphatic heterocycles. The molecule has 148 valence electrons. The van der Waals surface area contributed by atoms with E-state index in [2.05, 4.69) is 20.9 Å². The molecule has 0 aromatic heterocycles. The Morgan fingerprint density at radius 2 is 2.00 bits per heavy atom. The molecular weight excluding hydrogens is 380 g/mol. The molecule has 0 spiro atoms. The van der Waals surface area contributed by atoms with Crippen molar-refractivity contribution in [2.45, 2.75) is 19.9 Å². The maximum absolute atomic E-state index is 12.2. The van der Waals surface area contributed by atoms with Crippen LogP contribution in [-0.2, 0) is 11.3 Å². The summed E-state index contributed by atoms with van der Waals surface area (Å²) in [5, 5.41) is 9.84. The molecule has 0 atom stereocenters. The number of benzene rings is 2. The topological polar surface area (TPSA) is 84.0 Å². The average Bonchev–Trinajstić information content (AvgIpc) is 3.16. The normalized spacial score (nSPS) is 12.6. The summed E-state index contributed by atoms with van der Waals surface area (Å²) in [7, 11) is 1.68. The van der Waals surface area contributed by atoms with Gasteiger partial charge in [0.2, 0.25) is 12.7 Å². The zero-order chi connectivity index (χ0) is 19.9. The van der Waals surface area contributed by atoms with Gasteiger partial charge in [-0.05, 0) is 42.3 Å². The molecule has 0 saturated carbocycles. The van der Waals surface area contributed by atoms with Gasteiger partial charge in [0.25, 0.3) is 0 Å². The first-order valence-electron chi connectivity index (χ1n) is 8.95. The molecule has 1 amide bonds. The number of hydrogen-bond donors (Lipinski definition) is 3. The van der Waals surface area contributed by atoms with Crippen molar-refractivity contribution in [2.24, 2.45) is 4.99 Å². The number of nitrogens with zero attached hydrogens (tertiary/aromatic N) is 1. The first-order chi connectivity index (χ1) is 13.6. The Labute approximate surface area is 169 Å². The van der Waals surface area contributed by atoms with Crippen molar-refractivity contribution in [3.05, 3.63) is 52.5 Å². The van der Waals surface area contributed by atoms with Gasteiger partial charge >= 0.3 is 0 Å². The van der Waals surface area contributed by atoms with Crippen LogP contribution in [0, 0.1) is 6.92 Å². The minimum atomic E-state index is -0.0934. The van der Waals surface area contributed by atoms with E-state index < -0.39 is 0 Å². The monoisotopic (exact) mass is 402 g/mol. The molecule has 28 heavy (non-hydrogen) atoms. The van der Waals surface area contributed by atoms with Crippen LogP contribution < -0.4 is 25.4 Å². The van der Waals surface area contributed by atoms with Crippen molar-refractivity contribution in [1.29, 1.82) is 0 Å². The fourth-order valence-electron chi connectivity index (χ4n) is 2.71. The number of carbonyl (C=O) groups is 1. The van der Waals surface area contributed by atoms with Gasteiger partial charge in [0.15, 0.2) is 17.5 Å². The molecule has 3 N–H and O–H groups in total. The third kappa shape index (κ3) is 5.07. The molecule has 0 saturated heterocycles. The molecule has 8 heteroatoms. The van der Waals surface area contributed by atoms with Gasteiger partial charge < -0.3 is 25.4 Å². The van der Waals surface area contributed by atoms with Crippen LogP contribution in [0.3, 0.4) is 0 Å². The second kappa shape index (κ2) is 9.32. The largest absolute Gasteiger partial charge is 0.454 e. The van der Waals surface area contributed by atoms with Crippen LogP contribution in [0.15, 0.2) is 41.4 Å². The predicted molar refractivity (Wildman–Crippen MR) is 110 cm³/mol. The number of ether oxygens (including phenoxy) is 2. The number of amides is 1. The Morgan fingerprint density at radius 1 is 1.18 bits per heavy atom. The minimum Gasteiger partial charge on any atom is -0.454 e. The van der Waals surface area contributed by atoms with Gasteiger partial charge in [-0.2, -0.15) is 0 Å². The molecule has 0 aliphatic carbocycles. The van der Waals surface area contributed by atoms with Crippen molar-refractivity contribution in [2.75, 3.05) is 25.7 Å². The smallest absolute Gasteiger partial charge is 0.231 e. The van der Waals surface area contributed by atoms with Crippen molar-refractivity contribution < 1.29 is 14.3 Å². The summed E-state index contributed by atoms with van der Waals surface area (Å²) >= 11 is 6.08. The van der Waals surface area contributed by atoms with E-state index in [0.29, 0.717) is 30.5 Å². The van der Waals surface area contributed by atoms with E-state index in [9.17, 15) is 4.79 Å². The maximum Gasteiger partial charge on any atom is 0.231 e. The average molecular weight is 403 g/mol. The molecule has 0 bridgehead atoms. The molecule has 2 aromatic rings. The number of guanidine groups is 1. The van der Waals surface area contributed by atoms with Crippen LogP contribution in [0.5, 0.6) is 11.5 Å². The molecule has 0 unspecified atom stereocenters. The summed E-state index contributed by atoms with van der Waals surface area (Å²) in [4.78, 5) is 16.3. The van der Waals surface area contributed by atoms with Gasteiger partial charge in [-0.15, -0.1) is 0 Å². The van der Waals surface area contributed by atoms with Gasteiger partial charge in [-0.3, -0.25) is 9.79 Å². The van der Waals surface area contributed by atoms with E-state index in [1.165, 1.54) is 0 Å². The number of aliphatic imine (C=N–C) groups is 1. The van der Waals surface area contributed by atoms with Crippen LogP contribution in [-0.4, -0.2) is 32.3 Å². The third-order valence-electron chi connectivity index (χ3n) is 4.31. The first kappa shape index (κ1) is 19.8. The highest BCUT2D eigenvalue weighted by Crippen LogP contribution is 2.32. The number of carbonyl (C=O) groups excluding carboxylic acids is 1. The second-order valence-electron chi connectivity index (χ2n) is 6.25. The number of nitrogens with one attached hydrogen (secondary N) is 3. The first-order valence-corrected chi connectivity index (χ1v) is 9.32. The third-order valence-corrected chi connectivity index (χ3v) is 4.72. The summed E-state index contributed by atoms with van der Waals surface area (Å²) in [6.45, 7) is 3.15. The molecule has 0 radical (unpaired) electrons. The van der Waals surface area contributed by atoms with Crippen LogP contribution in [0.25, 0.3) is 0 Å². The van der Waals surface area contributed by atoms with Crippen LogP contribution >= 0.6 is 11.6 Å². The highest BCUT2D eigenvalue weighted by molar-refractivity contribution is 6.31. The number of anilines is 1. The zero-order valence-electron chi connectivity index (χ0n) is 15.8. The summed E-state index contributed by atoms with van der Waals surface area (Å²) in [5.74, 6) is 2.02. The van der Waals surface area contributed by atoms with Gasteiger partial charge in [-0.25, -0.2) is 0 Å². The van der Waals surface area contributed by atoms with Crippen LogP contribution in [0.2, 0.25) is 5.02 Å². The standard InChI is InChI=1S/C20H23ClN4O3/c1-13-15(21)4-3-5-16(13)25-19(26)8-9-23-20(22-2)24-11-14-6-7-17-18(10-14)28-12-27-17/h3-7,10H,8-9,11-12H2,1-2H3,(H,25,26)(H2,22,23,24). The minimum absolute atomic E-state index is 0.0934. The highest BCUT2D eigenvalue weighted by Gasteiger charge is 2.13. The number of hydrogen-bond acceptors (Lipinski definition) is 4. The van der Waals surface area contributed by atoms with Gasteiger partial charge in [0, 0.05) is 37.3 Å². The van der Waals surface area contributed by atoms with Crippen LogP contribution in [0.4, 0.5) is 5.69 Å². The number of halogens is 1. The van der Waals surface area contributed by atoms with Gasteiger partial charge in [-0.1, -0.05) is 23.7 Å². The van der Waals surface area contributed by atoms with Crippen LogP contribution in [0.1, 0.15) is 17.5 Å². The van der Waals surface area contributed by atoms with E-state index in [4.69, 9.17) is 21.1 Å². The number of rotatable bonds is 6. The van der Waals surface area contributed by atoms with Crippen molar-refractivity contribution in [3.8, 4) is 11.5 Å². The molecule has 1 aliphatic rings. The lowest BCUT2D eigenvalue weighted by atomic mass is 10.2. The fraction of sp³-hybridized carbons (Fsp3) is 0.300. The van der Waals surface area contributed by atoms with Crippen molar-refractivity contribution >= 4 is 29.2 Å². The maximum atomic E-state index is 12.2. The zero-order valence-corrected chi connectivity index (χ0v) is 16.6. The Balaban J connectivity index is 1.43. The fourth-order valence-corrected chi connectivity index (χ4v) is 2.88. The molecule has 2 aromatic carbocycles. The van der Waals surface area contributed by atoms with E-state index in [1.807, 2.05) is 37.3 Å². The molecule has 0 fully saturated rings. The van der Waals surface area contributed by atoms with E-state index >= 15 is 0 Å². The lowest BCUT2D eigenvalue weighted by Crippen LogP contribution is -2.38. The Bertz CT molecular complexity index is 886. The summed E-state index contributed by atoms with van der Waals surface area (Å²) in [6, 6.07) is 11.2.